The van der Waals surface area contributed by atoms with E-state index in [1.54, 1.807) is 0 Å². The largest absolute Gasteiger partial charge is 0.346 e. The van der Waals surface area contributed by atoms with E-state index in [0.29, 0.717) is 0 Å². The second kappa shape index (κ2) is 5.93. The van der Waals surface area contributed by atoms with Gasteiger partial charge in [-0.3, -0.25) is 0 Å². The predicted molar refractivity (Wildman–Crippen MR) is 84.3 cm³/mol. The number of nitrogens with one attached hydrogen (secondary N) is 1. The van der Waals surface area contributed by atoms with Crippen LogP contribution in [0.25, 0.3) is 0 Å². The van der Waals surface area contributed by atoms with Gasteiger partial charge in [-0.25, -0.2) is 0 Å². The first-order valence-corrected chi connectivity index (χ1v) is 7.37. The molecule has 0 aliphatic carbocycles. The van der Waals surface area contributed by atoms with Crippen molar-refractivity contribution in [1.29, 1.82) is 0 Å². The molecule has 1 aromatic heterocycles. The molecule has 0 atom stereocenters. The Morgan fingerprint density at radius 3 is 2.63 bits per heavy atom. The summed E-state index contributed by atoms with van der Waals surface area (Å²) in [6.07, 6.45) is 2.14. The van der Waals surface area contributed by atoms with Crippen LogP contribution in [0.4, 0.5) is 0 Å². The van der Waals surface area contributed by atoms with Crippen molar-refractivity contribution in [2.24, 2.45) is 0 Å². The van der Waals surface area contributed by atoms with Crippen LogP contribution in [-0.4, -0.2) is 10.1 Å². The molecule has 2 rings (SSSR count). The molecule has 0 saturated heterocycles. The molecule has 0 spiro atoms. The summed E-state index contributed by atoms with van der Waals surface area (Å²) in [7, 11) is 0. The van der Waals surface area contributed by atoms with E-state index in [9.17, 15) is 0 Å². The summed E-state index contributed by atoms with van der Waals surface area (Å²) in [5, 5.41) is 3.53. The van der Waals surface area contributed by atoms with Crippen molar-refractivity contribution in [2.45, 2.75) is 39.4 Å². The Kier molecular flexibility index (Phi) is 4.48. The molecule has 0 radical (unpaired) electrons. The fourth-order valence-electron chi connectivity index (χ4n) is 1.95. The van der Waals surface area contributed by atoms with Crippen molar-refractivity contribution in [3.63, 3.8) is 0 Å². The highest BCUT2D eigenvalue weighted by molar-refractivity contribution is 9.10. The molecular formula is C16H21BrN2. The maximum absolute atomic E-state index is 3.53. The molecule has 1 aromatic carbocycles. The van der Waals surface area contributed by atoms with Crippen molar-refractivity contribution >= 4 is 15.9 Å². The second-order valence-corrected chi connectivity index (χ2v) is 6.78. The minimum atomic E-state index is 0.144. The summed E-state index contributed by atoms with van der Waals surface area (Å²) < 4.78 is 3.42. The average molecular weight is 321 g/mol. The molecule has 0 aliphatic heterocycles. The van der Waals surface area contributed by atoms with Crippen LogP contribution in [0.2, 0.25) is 0 Å². The van der Waals surface area contributed by atoms with Gasteiger partial charge < -0.3 is 9.88 Å². The zero-order valence-electron chi connectivity index (χ0n) is 11.8. The lowest BCUT2D eigenvalue weighted by Crippen LogP contribution is -2.35. The van der Waals surface area contributed by atoms with Crippen LogP contribution >= 0.6 is 15.9 Å². The van der Waals surface area contributed by atoms with Gasteiger partial charge in [-0.15, -0.1) is 0 Å². The lowest BCUT2D eigenvalue weighted by Gasteiger charge is -2.21. The Morgan fingerprint density at radius 1 is 1.16 bits per heavy atom. The number of nitrogens with zero attached hydrogens (tertiary/aromatic N) is 1. The molecule has 0 saturated carbocycles. The molecule has 0 unspecified atom stereocenters. The van der Waals surface area contributed by atoms with Gasteiger partial charge in [-0.05, 0) is 50.6 Å². The zero-order valence-corrected chi connectivity index (χ0v) is 13.4. The first-order valence-electron chi connectivity index (χ1n) is 6.57. The molecule has 3 heteroatoms. The fourth-order valence-corrected chi connectivity index (χ4v) is 2.40. The summed E-state index contributed by atoms with van der Waals surface area (Å²) in [5.74, 6) is 0. The topological polar surface area (TPSA) is 17.0 Å². The van der Waals surface area contributed by atoms with Gasteiger partial charge in [0.15, 0.2) is 0 Å². The van der Waals surface area contributed by atoms with Crippen LogP contribution in [0.15, 0.2) is 47.1 Å². The Labute approximate surface area is 124 Å². The van der Waals surface area contributed by atoms with Gasteiger partial charge in [0.25, 0.3) is 0 Å². The third kappa shape index (κ3) is 4.51. The van der Waals surface area contributed by atoms with Crippen LogP contribution in [-0.2, 0) is 13.1 Å². The summed E-state index contributed by atoms with van der Waals surface area (Å²) in [5.41, 5.74) is 2.77. The molecule has 0 aliphatic rings. The number of benzene rings is 1. The van der Waals surface area contributed by atoms with Gasteiger partial charge in [0.1, 0.15) is 0 Å². The van der Waals surface area contributed by atoms with E-state index in [1.807, 2.05) is 0 Å². The number of halogens is 1. The van der Waals surface area contributed by atoms with E-state index in [1.165, 1.54) is 11.3 Å². The Balaban J connectivity index is 2.07. The van der Waals surface area contributed by atoms with Crippen LogP contribution in [0.1, 0.15) is 32.0 Å². The van der Waals surface area contributed by atoms with E-state index in [4.69, 9.17) is 0 Å². The maximum atomic E-state index is 3.53. The molecule has 19 heavy (non-hydrogen) atoms. The van der Waals surface area contributed by atoms with Gasteiger partial charge in [0.2, 0.25) is 0 Å². The summed E-state index contributed by atoms with van der Waals surface area (Å²) >= 11 is 3.52. The highest BCUT2D eigenvalue weighted by Crippen LogP contribution is 2.14. The number of hydrogen-bond donors (Lipinski definition) is 1. The Morgan fingerprint density at radius 2 is 1.95 bits per heavy atom. The number of hydrogen-bond acceptors (Lipinski definition) is 1. The predicted octanol–water partition coefficient (Wildman–Crippen LogP) is 4.19. The minimum absolute atomic E-state index is 0.144. The summed E-state index contributed by atoms with van der Waals surface area (Å²) in [4.78, 5) is 0. The lowest BCUT2D eigenvalue weighted by molar-refractivity contribution is 0.417. The van der Waals surface area contributed by atoms with Crippen molar-refractivity contribution in [1.82, 2.24) is 9.88 Å². The van der Waals surface area contributed by atoms with Gasteiger partial charge in [0, 0.05) is 35.0 Å². The van der Waals surface area contributed by atoms with E-state index < -0.39 is 0 Å². The molecular weight excluding hydrogens is 300 g/mol. The van der Waals surface area contributed by atoms with Crippen LogP contribution in [0, 0.1) is 0 Å². The smallest absolute Gasteiger partial charge is 0.0473 e. The normalized spacial score (nSPS) is 11.8. The first-order chi connectivity index (χ1) is 8.94. The highest BCUT2D eigenvalue weighted by atomic mass is 79.9. The minimum Gasteiger partial charge on any atom is -0.346 e. The summed E-state index contributed by atoms with van der Waals surface area (Å²) in [6, 6.07) is 12.7. The summed E-state index contributed by atoms with van der Waals surface area (Å²) in [6.45, 7) is 8.37. The monoisotopic (exact) mass is 320 g/mol. The quantitative estimate of drug-likeness (QED) is 0.893. The Bertz CT molecular complexity index is 538. The third-order valence-corrected chi connectivity index (χ3v) is 3.46. The van der Waals surface area contributed by atoms with Crippen LogP contribution in [0.3, 0.4) is 0 Å². The van der Waals surface area contributed by atoms with Gasteiger partial charge in [0.05, 0.1) is 0 Å². The van der Waals surface area contributed by atoms with Crippen LogP contribution in [0.5, 0.6) is 0 Å². The van der Waals surface area contributed by atoms with Crippen molar-refractivity contribution in [3.05, 3.63) is 58.3 Å². The molecule has 2 aromatic rings. The maximum Gasteiger partial charge on any atom is 0.0473 e. The van der Waals surface area contributed by atoms with Crippen molar-refractivity contribution < 1.29 is 0 Å². The average Bonchev–Trinajstić information content (AvgIpc) is 2.73. The second-order valence-electron chi connectivity index (χ2n) is 5.86. The third-order valence-electron chi connectivity index (χ3n) is 2.97. The molecule has 0 amide bonds. The van der Waals surface area contributed by atoms with Crippen LogP contribution < -0.4 is 5.32 Å². The Hall–Kier alpha value is -1.06. The molecule has 2 nitrogen and oxygen atoms in total. The van der Waals surface area contributed by atoms with E-state index in [2.05, 4.69) is 89.2 Å². The van der Waals surface area contributed by atoms with Crippen molar-refractivity contribution in [3.8, 4) is 0 Å². The molecule has 0 bridgehead atoms. The molecule has 1 heterocycles. The van der Waals surface area contributed by atoms with E-state index in [0.717, 1.165) is 17.6 Å². The van der Waals surface area contributed by atoms with Gasteiger partial charge in [-0.1, -0.05) is 28.1 Å². The highest BCUT2D eigenvalue weighted by Gasteiger charge is 2.10. The zero-order chi connectivity index (χ0) is 13.9. The fraction of sp³-hybridized carbons (Fsp3) is 0.375. The standard InChI is InChI=1S/C16H21BrN2/c1-16(2,3)18-11-15-8-5-9-19(15)12-13-6-4-7-14(17)10-13/h4-10,18H,11-12H2,1-3H3. The van der Waals surface area contributed by atoms with Gasteiger partial charge in [-0.2, -0.15) is 0 Å². The number of rotatable bonds is 4. The first kappa shape index (κ1) is 14.4. The van der Waals surface area contributed by atoms with Gasteiger partial charge >= 0.3 is 0 Å². The van der Waals surface area contributed by atoms with Crippen molar-refractivity contribution in [2.75, 3.05) is 0 Å². The SMILES string of the molecule is CC(C)(C)NCc1cccn1Cc1cccc(Br)c1. The molecule has 1 N–H and O–H groups in total. The molecule has 0 fully saturated rings. The number of aromatic nitrogens is 1. The van der Waals surface area contributed by atoms with E-state index in [-0.39, 0.29) is 5.54 Å². The molecule has 102 valence electrons. The van der Waals surface area contributed by atoms with E-state index >= 15 is 0 Å². The lowest BCUT2D eigenvalue weighted by atomic mass is 10.1.